The number of benzene rings is 1. The first-order chi connectivity index (χ1) is 17.8. The molecule has 204 valence electrons. The molecule has 0 aliphatic carbocycles. The first-order valence-corrected chi connectivity index (χ1v) is 12.6. The van der Waals surface area contributed by atoms with Gasteiger partial charge in [0.15, 0.2) is 0 Å². The van der Waals surface area contributed by atoms with E-state index in [4.69, 9.17) is 15.2 Å². The molecule has 2 saturated heterocycles. The summed E-state index contributed by atoms with van der Waals surface area (Å²) in [6.07, 6.45) is 1.70. The molecule has 0 aromatic heterocycles. The second-order valence-electron chi connectivity index (χ2n) is 9.36. The van der Waals surface area contributed by atoms with E-state index in [1.54, 1.807) is 4.90 Å². The van der Waals surface area contributed by atoms with Crippen LogP contribution in [0, 0.1) is 5.82 Å². The number of nitrogens with two attached hydrogens (primary N) is 1. The molecule has 2 heterocycles. The fourth-order valence-electron chi connectivity index (χ4n) is 4.40. The summed E-state index contributed by atoms with van der Waals surface area (Å²) < 4.78 is 24.0. The van der Waals surface area contributed by atoms with Gasteiger partial charge in [-0.2, -0.15) is 0 Å². The zero-order chi connectivity index (χ0) is 26.7. The number of nitrogens with one attached hydrogen (secondary N) is 3. The Kier molecular flexibility index (Phi) is 10.8. The second-order valence-corrected chi connectivity index (χ2v) is 9.36. The van der Waals surface area contributed by atoms with Crippen LogP contribution in [0.1, 0.15) is 42.5 Å². The first-order valence-electron chi connectivity index (χ1n) is 12.6. The van der Waals surface area contributed by atoms with Gasteiger partial charge in [0.1, 0.15) is 12.4 Å². The van der Waals surface area contributed by atoms with Gasteiger partial charge in [0, 0.05) is 38.2 Å². The Labute approximate surface area is 215 Å². The Morgan fingerprint density at radius 3 is 2.41 bits per heavy atom. The molecule has 2 aliphatic heterocycles. The van der Waals surface area contributed by atoms with E-state index in [-0.39, 0.29) is 49.9 Å². The number of hydrogen-bond donors (Lipinski definition) is 4. The van der Waals surface area contributed by atoms with Crippen molar-refractivity contribution >= 4 is 23.6 Å². The number of ether oxygens (including phenoxy) is 2. The van der Waals surface area contributed by atoms with Crippen molar-refractivity contribution in [2.75, 3.05) is 52.6 Å². The highest BCUT2D eigenvalue weighted by molar-refractivity contribution is 5.94. The van der Waals surface area contributed by atoms with Gasteiger partial charge < -0.3 is 36.1 Å². The Hall–Kier alpha value is -3.09. The van der Waals surface area contributed by atoms with Gasteiger partial charge >= 0.3 is 0 Å². The lowest BCUT2D eigenvalue weighted by Crippen LogP contribution is -2.58. The molecular formula is C25H36FN5O6. The van der Waals surface area contributed by atoms with E-state index in [9.17, 15) is 23.6 Å². The predicted molar refractivity (Wildman–Crippen MR) is 132 cm³/mol. The number of nitrogens with zero attached hydrogens (tertiary/aromatic N) is 1. The summed E-state index contributed by atoms with van der Waals surface area (Å²) in [4.78, 5) is 52.0. The van der Waals surface area contributed by atoms with E-state index < -0.39 is 17.4 Å². The van der Waals surface area contributed by atoms with Gasteiger partial charge in [0.2, 0.25) is 17.7 Å². The lowest BCUT2D eigenvalue weighted by Gasteiger charge is -2.42. The van der Waals surface area contributed by atoms with Gasteiger partial charge in [-0.05, 0) is 49.9 Å². The number of carbonyl (C=O) groups excluding carboxylic acids is 4. The summed E-state index contributed by atoms with van der Waals surface area (Å²) in [6.45, 7) is 1.83. The van der Waals surface area contributed by atoms with Crippen molar-refractivity contribution in [1.29, 1.82) is 0 Å². The topological polar surface area (TPSA) is 152 Å². The maximum absolute atomic E-state index is 13.2. The number of carbonyl (C=O) groups is 4. The molecule has 3 rings (SSSR count). The predicted octanol–water partition coefficient (Wildman–Crippen LogP) is -0.306. The quantitative estimate of drug-likeness (QED) is 0.396. The van der Waals surface area contributed by atoms with Crippen LogP contribution in [-0.2, 0) is 23.9 Å². The zero-order valence-electron chi connectivity index (χ0n) is 20.9. The molecule has 0 saturated carbocycles. The van der Waals surface area contributed by atoms with Gasteiger partial charge in [0.25, 0.3) is 5.91 Å². The van der Waals surface area contributed by atoms with Crippen molar-refractivity contribution in [3.63, 3.8) is 0 Å². The maximum atomic E-state index is 13.2. The van der Waals surface area contributed by atoms with Gasteiger partial charge in [-0.25, -0.2) is 4.39 Å². The Morgan fingerprint density at radius 2 is 1.68 bits per heavy atom. The highest BCUT2D eigenvalue weighted by Gasteiger charge is 2.39. The largest absolute Gasteiger partial charge is 0.377 e. The van der Waals surface area contributed by atoms with Crippen molar-refractivity contribution < 1.29 is 33.0 Å². The Bertz CT molecular complexity index is 936. The molecule has 11 nitrogen and oxygen atoms in total. The molecule has 0 bridgehead atoms. The van der Waals surface area contributed by atoms with Crippen LogP contribution in [0.2, 0.25) is 0 Å². The molecule has 1 spiro atoms. The van der Waals surface area contributed by atoms with Gasteiger partial charge in [0.05, 0.1) is 31.4 Å². The number of amides is 4. The van der Waals surface area contributed by atoms with Crippen LogP contribution in [0.15, 0.2) is 24.3 Å². The Morgan fingerprint density at radius 1 is 0.973 bits per heavy atom. The number of rotatable bonds is 1. The van der Waals surface area contributed by atoms with E-state index in [0.717, 1.165) is 0 Å². The maximum Gasteiger partial charge on any atom is 0.253 e. The fourth-order valence-corrected chi connectivity index (χ4v) is 4.40. The molecule has 5 N–H and O–H groups in total. The van der Waals surface area contributed by atoms with E-state index in [0.29, 0.717) is 64.0 Å². The minimum absolute atomic E-state index is 0.0347. The normalized spacial score (nSPS) is 23.1. The van der Waals surface area contributed by atoms with Crippen molar-refractivity contribution in [3.8, 4) is 0 Å². The summed E-state index contributed by atoms with van der Waals surface area (Å²) in [5.74, 6) is -1.54. The lowest BCUT2D eigenvalue weighted by atomic mass is 9.83. The average molecular weight is 522 g/mol. The third kappa shape index (κ3) is 9.06. The van der Waals surface area contributed by atoms with E-state index in [2.05, 4.69) is 16.0 Å². The molecule has 2 fully saturated rings. The van der Waals surface area contributed by atoms with Crippen LogP contribution >= 0.6 is 0 Å². The van der Waals surface area contributed by atoms with Crippen LogP contribution in [0.5, 0.6) is 0 Å². The van der Waals surface area contributed by atoms with Crippen molar-refractivity contribution in [2.45, 2.75) is 43.7 Å². The number of likely N-dealkylation sites (tertiary alicyclic amines) is 1. The highest BCUT2D eigenvalue weighted by Crippen LogP contribution is 2.27. The minimum atomic E-state index is -0.847. The summed E-state index contributed by atoms with van der Waals surface area (Å²) in [7, 11) is 0. The molecule has 12 heteroatoms. The monoisotopic (exact) mass is 521 g/mol. The summed E-state index contributed by atoms with van der Waals surface area (Å²) >= 11 is 0. The molecule has 0 unspecified atom stereocenters. The van der Waals surface area contributed by atoms with Crippen LogP contribution in [0.25, 0.3) is 0 Å². The molecule has 1 aromatic carbocycles. The summed E-state index contributed by atoms with van der Waals surface area (Å²) in [6, 6.07) is 4.66. The third-order valence-electron chi connectivity index (χ3n) is 6.50. The molecule has 1 aromatic rings. The van der Waals surface area contributed by atoms with Gasteiger partial charge in [-0.15, -0.1) is 0 Å². The second kappa shape index (κ2) is 14.0. The molecule has 1 atom stereocenters. The van der Waals surface area contributed by atoms with Crippen molar-refractivity contribution in [1.82, 2.24) is 20.9 Å². The number of piperidine rings is 1. The molecule has 0 radical (unpaired) electrons. The van der Waals surface area contributed by atoms with Gasteiger partial charge in [-0.3, -0.25) is 19.2 Å². The SMILES string of the molecule is N[C@H]1CCCNC(=O)CC2(CCN(C(=O)c3ccc(F)cc3)CC2)NC(=O)COCCOCCNC1=O. The van der Waals surface area contributed by atoms with Crippen molar-refractivity contribution in [2.24, 2.45) is 5.73 Å². The number of halogens is 1. The summed E-state index contributed by atoms with van der Waals surface area (Å²) in [5, 5.41) is 8.51. The van der Waals surface area contributed by atoms with E-state index >= 15 is 0 Å². The fraction of sp³-hybridized carbons (Fsp3) is 0.600. The molecular weight excluding hydrogens is 485 g/mol. The lowest BCUT2D eigenvalue weighted by molar-refractivity contribution is -0.130. The molecule has 2 aliphatic rings. The van der Waals surface area contributed by atoms with E-state index in [1.807, 2.05) is 0 Å². The first kappa shape index (κ1) is 28.5. The van der Waals surface area contributed by atoms with Crippen LogP contribution in [-0.4, -0.2) is 92.7 Å². The average Bonchev–Trinajstić information content (AvgIpc) is 2.88. The zero-order valence-corrected chi connectivity index (χ0v) is 20.9. The van der Waals surface area contributed by atoms with Crippen LogP contribution < -0.4 is 21.7 Å². The summed E-state index contributed by atoms with van der Waals surface area (Å²) in [5.41, 5.74) is 5.44. The van der Waals surface area contributed by atoms with Crippen molar-refractivity contribution in [3.05, 3.63) is 35.6 Å². The highest BCUT2D eigenvalue weighted by atomic mass is 19.1. The van der Waals surface area contributed by atoms with Crippen LogP contribution in [0.4, 0.5) is 4.39 Å². The van der Waals surface area contributed by atoms with E-state index in [1.165, 1.54) is 24.3 Å². The number of hydrogen-bond acceptors (Lipinski definition) is 7. The van der Waals surface area contributed by atoms with Crippen LogP contribution in [0.3, 0.4) is 0 Å². The molecule has 37 heavy (non-hydrogen) atoms. The smallest absolute Gasteiger partial charge is 0.253 e. The molecule has 4 amide bonds. The standard InChI is InChI=1S/C25H36FN5O6/c26-19-5-3-18(4-6-19)24(35)31-11-7-25(8-12-31)16-21(32)28-9-1-2-20(27)23(34)29-10-13-36-14-15-37-17-22(33)30-25/h3-6,20H,1-2,7-17,27H2,(H,28,32)(H,29,34)(H,30,33)/t20-/m0/s1. The Balaban J connectivity index is 1.62. The van der Waals surface area contributed by atoms with Gasteiger partial charge in [-0.1, -0.05) is 0 Å². The minimum Gasteiger partial charge on any atom is -0.377 e. The third-order valence-corrected chi connectivity index (χ3v) is 6.50.